The van der Waals surface area contributed by atoms with E-state index in [0.717, 1.165) is 0 Å². The highest BCUT2D eigenvalue weighted by atomic mass is 19.1. The van der Waals surface area contributed by atoms with E-state index >= 15 is 0 Å². The van der Waals surface area contributed by atoms with Crippen molar-refractivity contribution in [3.05, 3.63) is 35.6 Å². The van der Waals surface area contributed by atoms with E-state index in [0.29, 0.717) is 24.8 Å². The second-order valence-electron chi connectivity index (χ2n) is 4.92. The van der Waals surface area contributed by atoms with Gasteiger partial charge in [0, 0.05) is 6.04 Å². The van der Waals surface area contributed by atoms with Crippen LogP contribution in [0.2, 0.25) is 0 Å². The monoisotopic (exact) mass is 265 g/mol. The number of nitrogens with one attached hydrogen (secondary N) is 1. The summed E-state index contributed by atoms with van der Waals surface area (Å²) in [4.78, 5) is 22.6. The van der Waals surface area contributed by atoms with Crippen LogP contribution in [0.25, 0.3) is 0 Å². The van der Waals surface area contributed by atoms with Crippen LogP contribution in [0.1, 0.15) is 24.8 Å². The van der Waals surface area contributed by atoms with Gasteiger partial charge >= 0.3 is 5.97 Å². The summed E-state index contributed by atoms with van der Waals surface area (Å²) in [5.74, 6) is -1.72. The molecule has 4 nitrogen and oxygen atoms in total. The number of carbonyl (C=O) groups is 2. The average Bonchev–Trinajstić information content (AvgIpc) is 2.77. The van der Waals surface area contributed by atoms with Gasteiger partial charge in [0.1, 0.15) is 5.82 Å². The Bertz CT molecular complexity index is 489. The van der Waals surface area contributed by atoms with E-state index in [2.05, 4.69) is 5.32 Å². The quantitative estimate of drug-likeness (QED) is 0.871. The molecule has 1 fully saturated rings. The molecule has 0 heterocycles. The summed E-state index contributed by atoms with van der Waals surface area (Å²) < 4.78 is 13.0. The Labute approximate surface area is 110 Å². The smallest absolute Gasteiger partial charge is 0.306 e. The van der Waals surface area contributed by atoms with E-state index in [1.807, 2.05) is 0 Å². The van der Waals surface area contributed by atoms with Crippen LogP contribution >= 0.6 is 0 Å². The van der Waals surface area contributed by atoms with Gasteiger partial charge in [-0.05, 0) is 37.0 Å². The fourth-order valence-corrected chi connectivity index (χ4v) is 2.45. The van der Waals surface area contributed by atoms with E-state index in [4.69, 9.17) is 5.11 Å². The second kappa shape index (κ2) is 5.82. The van der Waals surface area contributed by atoms with Crippen molar-refractivity contribution in [1.82, 2.24) is 5.32 Å². The van der Waals surface area contributed by atoms with Gasteiger partial charge < -0.3 is 10.4 Å². The highest BCUT2D eigenvalue weighted by Gasteiger charge is 2.30. The van der Waals surface area contributed by atoms with Crippen LogP contribution in [0.3, 0.4) is 0 Å². The predicted molar refractivity (Wildman–Crippen MR) is 67.0 cm³/mol. The first-order chi connectivity index (χ1) is 9.04. The van der Waals surface area contributed by atoms with E-state index in [1.54, 1.807) is 12.1 Å². The van der Waals surface area contributed by atoms with Crippen LogP contribution in [0, 0.1) is 11.7 Å². The molecule has 1 aromatic carbocycles. The molecule has 0 aromatic heterocycles. The lowest BCUT2D eigenvalue weighted by Crippen LogP contribution is -2.34. The van der Waals surface area contributed by atoms with Crippen molar-refractivity contribution >= 4 is 11.9 Å². The Morgan fingerprint density at radius 1 is 1.37 bits per heavy atom. The molecular weight excluding hydrogens is 249 g/mol. The molecule has 1 aliphatic carbocycles. The predicted octanol–water partition coefficient (Wildman–Crippen LogP) is 1.74. The number of rotatable bonds is 4. The number of carbonyl (C=O) groups excluding carboxylic acids is 1. The van der Waals surface area contributed by atoms with E-state index < -0.39 is 5.97 Å². The molecule has 1 aromatic rings. The van der Waals surface area contributed by atoms with Gasteiger partial charge in [-0.25, -0.2) is 4.39 Å². The fourth-order valence-electron chi connectivity index (χ4n) is 2.45. The molecule has 0 spiro atoms. The number of hydrogen-bond acceptors (Lipinski definition) is 2. The van der Waals surface area contributed by atoms with Gasteiger partial charge in [-0.15, -0.1) is 0 Å². The van der Waals surface area contributed by atoms with Crippen molar-refractivity contribution in [2.75, 3.05) is 0 Å². The first kappa shape index (κ1) is 13.5. The molecule has 2 rings (SSSR count). The normalized spacial score (nSPS) is 22.2. The summed E-state index contributed by atoms with van der Waals surface area (Å²) in [5, 5.41) is 11.7. The molecule has 19 heavy (non-hydrogen) atoms. The Morgan fingerprint density at radius 2 is 2.16 bits per heavy atom. The highest BCUT2D eigenvalue weighted by Crippen LogP contribution is 2.25. The van der Waals surface area contributed by atoms with Crippen molar-refractivity contribution in [1.29, 1.82) is 0 Å². The number of carboxylic acid groups (broad SMARTS) is 1. The molecule has 1 saturated carbocycles. The molecule has 2 N–H and O–H groups in total. The van der Waals surface area contributed by atoms with Crippen LogP contribution in [-0.2, 0) is 16.0 Å². The van der Waals surface area contributed by atoms with Crippen LogP contribution < -0.4 is 5.32 Å². The van der Waals surface area contributed by atoms with E-state index in [-0.39, 0.29) is 30.1 Å². The van der Waals surface area contributed by atoms with E-state index in [9.17, 15) is 14.0 Å². The SMILES string of the molecule is O=C(Cc1cccc(F)c1)N[C@H]1CC[C@@H](C(=O)O)C1. The molecule has 0 radical (unpaired) electrons. The summed E-state index contributed by atoms with van der Waals surface area (Å²) in [6, 6.07) is 5.83. The van der Waals surface area contributed by atoms with Crippen molar-refractivity contribution in [2.45, 2.75) is 31.7 Å². The minimum Gasteiger partial charge on any atom is -0.481 e. The number of amides is 1. The maximum atomic E-state index is 13.0. The largest absolute Gasteiger partial charge is 0.481 e. The molecule has 2 atom stereocenters. The van der Waals surface area contributed by atoms with Gasteiger partial charge in [-0.1, -0.05) is 12.1 Å². The number of hydrogen-bond donors (Lipinski definition) is 2. The summed E-state index contributed by atoms with van der Waals surface area (Å²) in [6.45, 7) is 0. The molecule has 0 saturated heterocycles. The van der Waals surface area contributed by atoms with Crippen LogP contribution in [0.4, 0.5) is 4.39 Å². The van der Waals surface area contributed by atoms with Gasteiger partial charge in [0.15, 0.2) is 0 Å². The third kappa shape index (κ3) is 3.77. The lowest BCUT2D eigenvalue weighted by atomic mass is 10.1. The molecule has 0 aliphatic heterocycles. The van der Waals surface area contributed by atoms with Gasteiger partial charge in [0.2, 0.25) is 5.91 Å². The Morgan fingerprint density at radius 3 is 2.79 bits per heavy atom. The summed E-state index contributed by atoms with van der Waals surface area (Å²) in [5.41, 5.74) is 0.616. The number of halogens is 1. The van der Waals surface area contributed by atoms with Crippen LogP contribution in [-0.4, -0.2) is 23.0 Å². The molecule has 0 bridgehead atoms. The molecule has 1 aliphatic rings. The summed E-state index contributed by atoms with van der Waals surface area (Å²) >= 11 is 0. The number of benzene rings is 1. The highest BCUT2D eigenvalue weighted by molar-refractivity contribution is 5.79. The van der Waals surface area contributed by atoms with Crippen molar-refractivity contribution in [2.24, 2.45) is 5.92 Å². The summed E-state index contributed by atoms with van der Waals surface area (Å²) in [7, 11) is 0. The van der Waals surface area contributed by atoms with Gasteiger partial charge in [-0.3, -0.25) is 9.59 Å². The zero-order valence-corrected chi connectivity index (χ0v) is 10.4. The van der Waals surface area contributed by atoms with Gasteiger partial charge in [-0.2, -0.15) is 0 Å². The maximum absolute atomic E-state index is 13.0. The van der Waals surface area contributed by atoms with Gasteiger partial charge in [0.25, 0.3) is 0 Å². The Hall–Kier alpha value is -1.91. The fraction of sp³-hybridized carbons (Fsp3) is 0.429. The summed E-state index contributed by atoms with van der Waals surface area (Å²) in [6.07, 6.45) is 1.88. The lowest BCUT2D eigenvalue weighted by Gasteiger charge is -2.12. The topological polar surface area (TPSA) is 66.4 Å². The second-order valence-corrected chi connectivity index (χ2v) is 4.92. The Balaban J connectivity index is 1.84. The standard InChI is InChI=1S/C14H16FNO3/c15-11-3-1-2-9(6-11)7-13(17)16-12-5-4-10(8-12)14(18)19/h1-3,6,10,12H,4-5,7-8H2,(H,16,17)(H,18,19)/t10-,12+/m1/s1. The minimum absolute atomic E-state index is 0.0813. The third-order valence-electron chi connectivity index (χ3n) is 3.40. The Kier molecular flexibility index (Phi) is 4.14. The van der Waals surface area contributed by atoms with Crippen LogP contribution in [0.5, 0.6) is 0 Å². The molecule has 5 heteroatoms. The van der Waals surface area contributed by atoms with Crippen molar-refractivity contribution < 1.29 is 19.1 Å². The first-order valence-electron chi connectivity index (χ1n) is 6.31. The lowest BCUT2D eigenvalue weighted by molar-refractivity contribution is -0.141. The number of aliphatic carboxylic acids is 1. The van der Waals surface area contributed by atoms with E-state index in [1.165, 1.54) is 12.1 Å². The molecule has 0 unspecified atom stereocenters. The zero-order chi connectivity index (χ0) is 13.8. The zero-order valence-electron chi connectivity index (χ0n) is 10.4. The average molecular weight is 265 g/mol. The maximum Gasteiger partial charge on any atom is 0.306 e. The number of carboxylic acids is 1. The van der Waals surface area contributed by atoms with Crippen LogP contribution in [0.15, 0.2) is 24.3 Å². The van der Waals surface area contributed by atoms with Gasteiger partial charge in [0.05, 0.1) is 12.3 Å². The minimum atomic E-state index is -0.804. The molecule has 102 valence electrons. The molecule has 1 amide bonds. The first-order valence-corrected chi connectivity index (χ1v) is 6.31. The van der Waals surface area contributed by atoms with Crippen molar-refractivity contribution in [3.63, 3.8) is 0 Å². The van der Waals surface area contributed by atoms with Crippen molar-refractivity contribution in [3.8, 4) is 0 Å². The third-order valence-corrected chi connectivity index (χ3v) is 3.40. The molecular formula is C14H16FNO3.